The van der Waals surface area contributed by atoms with Crippen molar-refractivity contribution in [3.63, 3.8) is 0 Å². The first kappa shape index (κ1) is 18.5. The smallest absolute Gasteiger partial charge is 0.411 e. The third-order valence-corrected chi connectivity index (χ3v) is 6.57. The maximum atomic E-state index is 13.3. The second-order valence-electron chi connectivity index (χ2n) is 6.85. The molecule has 2 aromatic rings. The van der Waals surface area contributed by atoms with Crippen molar-refractivity contribution in [1.82, 2.24) is 4.90 Å². The van der Waals surface area contributed by atoms with Gasteiger partial charge in [0.25, 0.3) is 0 Å². The van der Waals surface area contributed by atoms with Crippen molar-refractivity contribution in [3.05, 3.63) is 66.2 Å². The van der Waals surface area contributed by atoms with Gasteiger partial charge in [0.2, 0.25) is 0 Å². The van der Waals surface area contributed by atoms with Gasteiger partial charge in [0.05, 0.1) is 10.9 Å². The Kier molecular flexibility index (Phi) is 5.32. The summed E-state index contributed by atoms with van der Waals surface area (Å²) in [6.45, 7) is 4.06. The van der Waals surface area contributed by atoms with Crippen molar-refractivity contribution in [2.45, 2.75) is 36.6 Å². The Morgan fingerprint density at radius 3 is 2.19 bits per heavy atom. The van der Waals surface area contributed by atoms with Gasteiger partial charge in [-0.05, 0) is 30.0 Å². The van der Waals surface area contributed by atoms with E-state index >= 15 is 0 Å². The van der Waals surface area contributed by atoms with Crippen LogP contribution in [0.4, 0.5) is 4.79 Å². The molecule has 26 heavy (non-hydrogen) atoms. The molecule has 5 nitrogen and oxygen atoms in total. The van der Waals surface area contributed by atoms with Gasteiger partial charge < -0.3 is 4.74 Å². The van der Waals surface area contributed by atoms with Crippen molar-refractivity contribution in [2.24, 2.45) is 5.92 Å². The van der Waals surface area contributed by atoms with Crippen molar-refractivity contribution in [1.29, 1.82) is 0 Å². The minimum atomic E-state index is -3.73. The van der Waals surface area contributed by atoms with E-state index in [2.05, 4.69) is 0 Å². The molecule has 0 radical (unpaired) electrons. The highest BCUT2D eigenvalue weighted by Gasteiger charge is 2.45. The molecule has 1 saturated heterocycles. The van der Waals surface area contributed by atoms with E-state index in [4.69, 9.17) is 4.74 Å². The van der Waals surface area contributed by atoms with E-state index in [0.717, 1.165) is 5.56 Å². The largest absolute Gasteiger partial charge is 0.447 e. The zero-order valence-corrected chi connectivity index (χ0v) is 15.7. The van der Waals surface area contributed by atoms with Gasteiger partial charge in [-0.25, -0.2) is 13.2 Å². The summed E-state index contributed by atoms with van der Waals surface area (Å²) in [6.07, 6.45) is -0.237. The Labute approximate surface area is 154 Å². The quantitative estimate of drug-likeness (QED) is 0.767. The molecule has 0 aliphatic carbocycles. The summed E-state index contributed by atoms with van der Waals surface area (Å²) in [5.74, 6) is 0.100. The fourth-order valence-corrected chi connectivity index (χ4v) is 5.26. The molecule has 138 valence electrons. The molecule has 0 N–H and O–H groups in total. The average molecular weight is 373 g/mol. The number of ether oxygens (including phenoxy) is 1. The molecule has 2 aromatic carbocycles. The van der Waals surface area contributed by atoms with E-state index in [0.29, 0.717) is 6.42 Å². The van der Waals surface area contributed by atoms with E-state index < -0.39 is 27.3 Å². The third-order valence-electron chi connectivity index (χ3n) is 4.51. The van der Waals surface area contributed by atoms with Crippen LogP contribution >= 0.6 is 0 Å². The lowest BCUT2D eigenvalue weighted by molar-refractivity contribution is 0.151. The first-order valence-electron chi connectivity index (χ1n) is 8.70. The van der Waals surface area contributed by atoms with E-state index in [1.54, 1.807) is 30.3 Å². The van der Waals surface area contributed by atoms with Crippen LogP contribution in [0.1, 0.15) is 31.9 Å². The van der Waals surface area contributed by atoms with Crippen LogP contribution < -0.4 is 0 Å². The Balaban J connectivity index is 2.05. The minimum Gasteiger partial charge on any atom is -0.447 e. The monoisotopic (exact) mass is 373 g/mol. The third kappa shape index (κ3) is 3.60. The number of carbonyl (C=O) groups excluding carboxylic acids is 1. The zero-order valence-electron chi connectivity index (χ0n) is 14.9. The standard InChI is InChI=1S/C20H23NO4S/c1-15(2)13-19(26(23,24)17-11-7-4-8-12-17)21-18(14-25-20(21)22)16-9-5-3-6-10-16/h3-12,15,18-19H,13-14H2,1-2H3/t18-,19-/m0/s1. The Bertz CT molecular complexity index is 850. The average Bonchev–Trinajstić information content (AvgIpc) is 3.02. The molecule has 0 unspecified atom stereocenters. The molecular formula is C20H23NO4S. The number of hydrogen-bond acceptors (Lipinski definition) is 4. The number of amides is 1. The highest BCUT2D eigenvalue weighted by Crippen LogP contribution is 2.35. The predicted molar refractivity (Wildman–Crippen MR) is 99.2 cm³/mol. The van der Waals surface area contributed by atoms with Gasteiger partial charge in [-0.3, -0.25) is 4.90 Å². The van der Waals surface area contributed by atoms with Crippen LogP contribution in [0.25, 0.3) is 0 Å². The molecule has 1 amide bonds. The predicted octanol–water partition coefficient (Wildman–Crippen LogP) is 4.03. The second-order valence-corrected chi connectivity index (χ2v) is 8.96. The Morgan fingerprint density at radius 2 is 1.62 bits per heavy atom. The molecule has 2 atom stereocenters. The van der Waals surface area contributed by atoms with Gasteiger partial charge >= 0.3 is 6.09 Å². The van der Waals surface area contributed by atoms with Crippen LogP contribution in [-0.4, -0.2) is 31.4 Å². The molecule has 0 aromatic heterocycles. The molecule has 0 saturated carbocycles. The summed E-state index contributed by atoms with van der Waals surface area (Å²) in [5.41, 5.74) is 0.871. The van der Waals surface area contributed by atoms with E-state index in [-0.39, 0.29) is 17.4 Å². The summed E-state index contributed by atoms with van der Waals surface area (Å²) in [6, 6.07) is 17.3. The van der Waals surface area contributed by atoms with Gasteiger partial charge in [-0.2, -0.15) is 0 Å². The normalized spacial score (nSPS) is 18.8. The van der Waals surface area contributed by atoms with Crippen molar-refractivity contribution in [3.8, 4) is 0 Å². The molecule has 1 fully saturated rings. The van der Waals surface area contributed by atoms with Crippen LogP contribution in [0, 0.1) is 5.92 Å². The number of carbonyl (C=O) groups is 1. The van der Waals surface area contributed by atoms with Gasteiger partial charge in [-0.15, -0.1) is 0 Å². The van der Waals surface area contributed by atoms with Gasteiger partial charge in [0, 0.05) is 0 Å². The summed E-state index contributed by atoms with van der Waals surface area (Å²) in [4.78, 5) is 14.1. The van der Waals surface area contributed by atoms with Gasteiger partial charge in [-0.1, -0.05) is 62.4 Å². The number of hydrogen-bond donors (Lipinski definition) is 0. The first-order valence-corrected chi connectivity index (χ1v) is 10.2. The van der Waals surface area contributed by atoms with Gasteiger partial charge in [0.1, 0.15) is 12.0 Å². The summed E-state index contributed by atoms with van der Waals surface area (Å²) in [5, 5.41) is -0.967. The fourth-order valence-electron chi connectivity index (χ4n) is 3.24. The number of sulfone groups is 1. The summed E-state index contributed by atoms with van der Waals surface area (Å²) >= 11 is 0. The molecule has 1 aliphatic heterocycles. The lowest BCUT2D eigenvalue weighted by atomic mass is 10.1. The van der Waals surface area contributed by atoms with Crippen LogP contribution in [0.5, 0.6) is 0 Å². The Hall–Kier alpha value is -2.34. The molecule has 3 rings (SSSR count). The molecular weight excluding hydrogens is 350 g/mol. The topological polar surface area (TPSA) is 63.7 Å². The number of benzene rings is 2. The molecule has 6 heteroatoms. The lowest BCUT2D eigenvalue weighted by Gasteiger charge is -2.31. The van der Waals surface area contributed by atoms with Crippen LogP contribution in [0.15, 0.2) is 65.6 Å². The van der Waals surface area contributed by atoms with Crippen molar-refractivity contribution >= 4 is 15.9 Å². The van der Waals surface area contributed by atoms with Crippen molar-refractivity contribution < 1.29 is 17.9 Å². The zero-order chi connectivity index (χ0) is 18.7. The van der Waals surface area contributed by atoms with Crippen molar-refractivity contribution in [2.75, 3.05) is 6.61 Å². The number of cyclic esters (lactones) is 1. The van der Waals surface area contributed by atoms with E-state index in [1.807, 2.05) is 44.2 Å². The lowest BCUT2D eigenvalue weighted by Crippen LogP contribution is -2.44. The van der Waals surface area contributed by atoms with Gasteiger partial charge in [0.15, 0.2) is 9.84 Å². The Morgan fingerprint density at radius 1 is 1.04 bits per heavy atom. The highest BCUT2D eigenvalue weighted by atomic mass is 32.2. The molecule has 0 bridgehead atoms. The van der Waals surface area contributed by atoms with Crippen LogP contribution in [0.3, 0.4) is 0 Å². The molecule has 1 heterocycles. The maximum absolute atomic E-state index is 13.3. The first-order chi connectivity index (χ1) is 12.4. The molecule has 0 spiro atoms. The number of rotatable bonds is 6. The minimum absolute atomic E-state index is 0.100. The summed E-state index contributed by atoms with van der Waals surface area (Å²) in [7, 11) is -3.73. The number of nitrogens with zero attached hydrogens (tertiary/aromatic N) is 1. The van der Waals surface area contributed by atoms with E-state index in [9.17, 15) is 13.2 Å². The van der Waals surface area contributed by atoms with Crippen LogP contribution in [0.2, 0.25) is 0 Å². The maximum Gasteiger partial charge on any atom is 0.411 e. The molecule has 1 aliphatic rings. The fraction of sp³-hybridized carbons (Fsp3) is 0.350. The van der Waals surface area contributed by atoms with E-state index in [1.165, 1.54) is 4.90 Å². The summed E-state index contributed by atoms with van der Waals surface area (Å²) < 4.78 is 31.9. The highest BCUT2D eigenvalue weighted by molar-refractivity contribution is 7.92. The SMILES string of the molecule is CC(C)C[C@@H](N1C(=O)OC[C@H]1c1ccccc1)S(=O)(=O)c1ccccc1. The van der Waals surface area contributed by atoms with Crippen LogP contribution in [-0.2, 0) is 14.6 Å². The second kappa shape index (κ2) is 7.50.